The van der Waals surface area contributed by atoms with Gasteiger partial charge >= 0.3 is 11.9 Å². The number of carbonyl (C=O) groups is 2. The van der Waals surface area contributed by atoms with Gasteiger partial charge in [0.05, 0.1) is 7.11 Å². The van der Waals surface area contributed by atoms with Crippen LogP contribution in [0, 0.1) is 0 Å². The summed E-state index contributed by atoms with van der Waals surface area (Å²) in [5.74, 6) is -2.02. The van der Waals surface area contributed by atoms with Crippen molar-refractivity contribution in [1.29, 1.82) is 0 Å². The predicted octanol–water partition coefficient (Wildman–Crippen LogP) is 1.46. The van der Waals surface area contributed by atoms with E-state index in [1.54, 1.807) is 0 Å². The number of carbonyl (C=O) groups excluding carboxylic acids is 1. The maximum absolute atomic E-state index is 12.2. The number of esters is 1. The van der Waals surface area contributed by atoms with Crippen LogP contribution < -0.4 is 4.72 Å². The molecule has 0 spiro atoms. The van der Waals surface area contributed by atoms with Gasteiger partial charge in [0.1, 0.15) is 15.8 Å². The van der Waals surface area contributed by atoms with E-state index in [0.717, 1.165) is 24.9 Å². The fourth-order valence-electron chi connectivity index (χ4n) is 1.64. The standard InChI is InChI=1S/C12H17NO6S2/c1-3-4-5-8(11(14)15)13-21(17,18)9-6-7-20-10(9)12(16)19-2/h6-8,13H,3-5H2,1-2H3,(H,14,15). The van der Waals surface area contributed by atoms with Crippen LogP contribution in [-0.2, 0) is 19.6 Å². The van der Waals surface area contributed by atoms with E-state index in [9.17, 15) is 18.0 Å². The Bertz CT molecular complexity index is 607. The lowest BCUT2D eigenvalue weighted by Gasteiger charge is -2.14. The third-order valence-corrected chi connectivity index (χ3v) is 5.27. The van der Waals surface area contributed by atoms with E-state index < -0.39 is 28.0 Å². The molecule has 0 saturated heterocycles. The molecule has 1 heterocycles. The zero-order valence-corrected chi connectivity index (χ0v) is 13.3. The molecule has 0 bridgehead atoms. The third kappa shape index (κ3) is 4.51. The van der Waals surface area contributed by atoms with Crippen LogP contribution >= 0.6 is 11.3 Å². The van der Waals surface area contributed by atoms with E-state index in [4.69, 9.17) is 5.11 Å². The summed E-state index contributed by atoms with van der Waals surface area (Å²) in [6, 6.07) is 0.0261. The molecule has 0 aliphatic heterocycles. The largest absolute Gasteiger partial charge is 0.480 e. The first-order chi connectivity index (χ1) is 9.83. The lowest BCUT2D eigenvalue weighted by Crippen LogP contribution is -2.40. The van der Waals surface area contributed by atoms with Crippen molar-refractivity contribution in [2.45, 2.75) is 37.1 Å². The molecule has 0 amide bonds. The number of hydrogen-bond acceptors (Lipinski definition) is 6. The summed E-state index contributed by atoms with van der Waals surface area (Å²) in [6.45, 7) is 1.88. The molecule has 0 aromatic carbocycles. The molecule has 1 atom stereocenters. The minimum atomic E-state index is -4.10. The molecule has 0 aliphatic carbocycles. The van der Waals surface area contributed by atoms with E-state index in [0.29, 0.717) is 6.42 Å². The molecule has 0 radical (unpaired) electrons. The van der Waals surface area contributed by atoms with Crippen LogP contribution in [0.1, 0.15) is 35.9 Å². The topological polar surface area (TPSA) is 110 Å². The molecule has 1 rings (SSSR count). The Labute approximate surface area is 127 Å². The van der Waals surface area contributed by atoms with Crippen LogP contribution in [-0.4, -0.2) is 38.6 Å². The fraction of sp³-hybridized carbons (Fsp3) is 0.500. The molecule has 0 fully saturated rings. The van der Waals surface area contributed by atoms with E-state index >= 15 is 0 Å². The molecule has 1 aromatic heterocycles. The predicted molar refractivity (Wildman–Crippen MR) is 76.9 cm³/mol. The lowest BCUT2D eigenvalue weighted by molar-refractivity contribution is -0.139. The quantitative estimate of drug-likeness (QED) is 0.696. The van der Waals surface area contributed by atoms with Gasteiger partial charge in [-0.15, -0.1) is 11.3 Å². The average Bonchev–Trinajstić information content (AvgIpc) is 2.92. The van der Waals surface area contributed by atoms with Crippen molar-refractivity contribution in [2.24, 2.45) is 0 Å². The highest BCUT2D eigenvalue weighted by Gasteiger charge is 2.29. The van der Waals surface area contributed by atoms with Gasteiger partial charge in [-0.25, -0.2) is 13.2 Å². The van der Waals surface area contributed by atoms with Crippen molar-refractivity contribution in [3.8, 4) is 0 Å². The highest BCUT2D eigenvalue weighted by Crippen LogP contribution is 2.23. The zero-order chi connectivity index (χ0) is 16.0. The van der Waals surface area contributed by atoms with Crippen molar-refractivity contribution >= 4 is 33.3 Å². The first kappa shape index (κ1) is 17.6. The lowest BCUT2D eigenvalue weighted by atomic mass is 10.1. The molecular weight excluding hydrogens is 318 g/mol. The second-order valence-electron chi connectivity index (χ2n) is 4.26. The van der Waals surface area contributed by atoms with Gasteiger partial charge < -0.3 is 9.84 Å². The number of sulfonamides is 1. The molecule has 118 valence electrons. The molecule has 21 heavy (non-hydrogen) atoms. The smallest absolute Gasteiger partial charge is 0.349 e. The Morgan fingerprint density at radius 1 is 1.48 bits per heavy atom. The summed E-state index contributed by atoms with van der Waals surface area (Å²) in [4.78, 5) is 22.3. The molecular formula is C12H17NO6S2. The highest BCUT2D eigenvalue weighted by molar-refractivity contribution is 7.89. The van der Waals surface area contributed by atoms with Gasteiger partial charge in [-0.2, -0.15) is 4.72 Å². The zero-order valence-electron chi connectivity index (χ0n) is 11.7. The first-order valence-electron chi connectivity index (χ1n) is 6.24. The third-order valence-electron chi connectivity index (χ3n) is 2.73. The van der Waals surface area contributed by atoms with Crippen molar-refractivity contribution in [1.82, 2.24) is 4.72 Å². The molecule has 9 heteroatoms. The number of ether oxygens (including phenoxy) is 1. The summed E-state index contributed by atoms with van der Waals surface area (Å²) in [5, 5.41) is 10.5. The normalized spacial score (nSPS) is 12.9. The van der Waals surface area contributed by atoms with Crippen molar-refractivity contribution in [3.05, 3.63) is 16.3 Å². The van der Waals surface area contributed by atoms with Gasteiger partial charge in [0.25, 0.3) is 0 Å². The van der Waals surface area contributed by atoms with Gasteiger partial charge in [-0.1, -0.05) is 19.8 Å². The van der Waals surface area contributed by atoms with Gasteiger partial charge in [0.15, 0.2) is 0 Å². The number of methoxy groups -OCH3 is 1. The van der Waals surface area contributed by atoms with E-state index in [2.05, 4.69) is 9.46 Å². The summed E-state index contributed by atoms with van der Waals surface area (Å²) in [5.41, 5.74) is 0. The first-order valence-corrected chi connectivity index (χ1v) is 8.60. The fourth-order valence-corrected chi connectivity index (χ4v) is 4.20. The minimum absolute atomic E-state index is 0.0790. The molecule has 2 N–H and O–H groups in total. The maximum Gasteiger partial charge on any atom is 0.349 e. The number of carboxylic acid groups (broad SMARTS) is 1. The van der Waals surface area contributed by atoms with Crippen molar-refractivity contribution in [3.63, 3.8) is 0 Å². The Morgan fingerprint density at radius 2 is 2.14 bits per heavy atom. The van der Waals surface area contributed by atoms with Crippen LogP contribution in [0.4, 0.5) is 0 Å². The second kappa shape index (κ2) is 7.53. The van der Waals surface area contributed by atoms with E-state index in [1.807, 2.05) is 6.92 Å². The second-order valence-corrected chi connectivity index (χ2v) is 6.86. The number of rotatable bonds is 8. The Kier molecular flexibility index (Phi) is 6.31. The average molecular weight is 335 g/mol. The Morgan fingerprint density at radius 3 is 2.67 bits per heavy atom. The Balaban J connectivity index is 3.03. The molecule has 1 aromatic rings. The van der Waals surface area contributed by atoms with Crippen molar-refractivity contribution < 1.29 is 27.9 Å². The highest BCUT2D eigenvalue weighted by atomic mass is 32.2. The van der Waals surface area contributed by atoms with Gasteiger partial charge in [-0.05, 0) is 17.9 Å². The number of nitrogens with one attached hydrogen (secondary N) is 1. The number of carboxylic acids is 1. The van der Waals surface area contributed by atoms with Crippen molar-refractivity contribution in [2.75, 3.05) is 7.11 Å². The summed E-state index contributed by atoms with van der Waals surface area (Å²) in [6.07, 6.45) is 1.51. The SMILES string of the molecule is CCCCC(NS(=O)(=O)c1ccsc1C(=O)OC)C(=O)O. The molecule has 0 aliphatic rings. The van der Waals surface area contributed by atoms with Crippen LogP contribution in [0.15, 0.2) is 16.3 Å². The number of hydrogen-bond donors (Lipinski definition) is 2. The molecule has 7 nitrogen and oxygen atoms in total. The van der Waals surface area contributed by atoms with Gasteiger partial charge in [0, 0.05) is 0 Å². The minimum Gasteiger partial charge on any atom is -0.480 e. The van der Waals surface area contributed by atoms with Crippen LogP contribution in [0.3, 0.4) is 0 Å². The van der Waals surface area contributed by atoms with E-state index in [-0.39, 0.29) is 16.2 Å². The number of unbranched alkanes of at least 4 members (excludes halogenated alkanes) is 1. The van der Waals surface area contributed by atoms with Crippen LogP contribution in [0.2, 0.25) is 0 Å². The van der Waals surface area contributed by atoms with Crippen LogP contribution in [0.25, 0.3) is 0 Å². The number of thiophene rings is 1. The maximum atomic E-state index is 12.2. The molecule has 1 unspecified atom stereocenters. The Hall–Kier alpha value is -1.45. The van der Waals surface area contributed by atoms with Gasteiger partial charge in [0.2, 0.25) is 10.0 Å². The summed E-state index contributed by atoms with van der Waals surface area (Å²) < 4.78 is 31.1. The van der Waals surface area contributed by atoms with E-state index in [1.165, 1.54) is 11.4 Å². The summed E-state index contributed by atoms with van der Waals surface area (Å²) in [7, 11) is -2.95. The van der Waals surface area contributed by atoms with Crippen LogP contribution in [0.5, 0.6) is 0 Å². The van der Waals surface area contributed by atoms with Gasteiger partial charge in [-0.3, -0.25) is 4.79 Å². The summed E-state index contributed by atoms with van der Waals surface area (Å²) >= 11 is 0.921. The monoisotopic (exact) mass is 335 g/mol. The number of aliphatic carboxylic acids is 1. The molecule has 0 saturated carbocycles.